The molecule has 2 heterocycles. The maximum Gasteiger partial charge on any atom is 0.322 e. The monoisotopic (exact) mass is 478 g/mol. The lowest BCUT2D eigenvalue weighted by atomic mass is 10.1. The van der Waals surface area contributed by atoms with Gasteiger partial charge in [-0.15, -0.1) is 15.3 Å². The molecule has 0 aliphatic carbocycles. The summed E-state index contributed by atoms with van der Waals surface area (Å²) in [6.07, 6.45) is 0.792. The van der Waals surface area contributed by atoms with Crippen LogP contribution < -0.4 is 10.1 Å². The van der Waals surface area contributed by atoms with Crippen molar-refractivity contribution in [3.8, 4) is 17.1 Å². The zero-order valence-electron chi connectivity index (χ0n) is 19.3. The second-order valence-corrected chi connectivity index (χ2v) is 8.77. The van der Waals surface area contributed by atoms with Gasteiger partial charge in [-0.05, 0) is 24.1 Å². The second kappa shape index (κ2) is 11.0. The number of aryl methyl sites for hydroxylation is 1. The first kappa shape index (κ1) is 23.5. The van der Waals surface area contributed by atoms with Crippen LogP contribution in [0.25, 0.3) is 11.4 Å². The van der Waals surface area contributed by atoms with Crippen LogP contribution in [0.4, 0.5) is 6.01 Å². The number of methoxy groups -OCH3 is 1. The Morgan fingerprint density at radius 2 is 1.82 bits per heavy atom. The largest absolute Gasteiger partial charge is 0.496 e. The molecular weight excluding hydrogens is 452 g/mol. The highest BCUT2D eigenvalue weighted by molar-refractivity contribution is 7.99. The number of carbonyl (C=O) groups is 1. The number of nitrogens with zero attached hydrogens (tertiary/aromatic N) is 5. The van der Waals surface area contributed by atoms with E-state index in [0.717, 1.165) is 12.0 Å². The molecule has 0 saturated carbocycles. The van der Waals surface area contributed by atoms with Crippen LogP contribution in [0.5, 0.6) is 5.75 Å². The molecule has 9 nitrogen and oxygen atoms in total. The first-order chi connectivity index (χ1) is 16.5. The van der Waals surface area contributed by atoms with Crippen molar-refractivity contribution in [2.45, 2.75) is 37.9 Å². The summed E-state index contributed by atoms with van der Waals surface area (Å²) in [6, 6.07) is 18.0. The summed E-state index contributed by atoms with van der Waals surface area (Å²) in [7, 11) is 1.63. The summed E-state index contributed by atoms with van der Waals surface area (Å²) in [5, 5.41) is 19.9. The lowest BCUT2D eigenvalue weighted by molar-refractivity contribution is -0.113. The highest BCUT2D eigenvalue weighted by atomic mass is 32.2. The van der Waals surface area contributed by atoms with Crippen molar-refractivity contribution >= 4 is 23.7 Å². The second-order valence-electron chi connectivity index (χ2n) is 7.83. The van der Waals surface area contributed by atoms with E-state index in [1.54, 1.807) is 7.11 Å². The SMILES string of the molecule is COc1ccccc1-c1nnc(SCC(=O)Nc2nnc(C(C)C)o2)n1CCc1ccccc1. The van der Waals surface area contributed by atoms with E-state index in [4.69, 9.17) is 9.15 Å². The van der Waals surface area contributed by atoms with E-state index in [9.17, 15) is 4.79 Å². The van der Waals surface area contributed by atoms with E-state index < -0.39 is 0 Å². The van der Waals surface area contributed by atoms with Gasteiger partial charge in [-0.1, -0.05) is 73.2 Å². The normalized spacial score (nSPS) is 11.1. The minimum Gasteiger partial charge on any atom is -0.496 e. The number of amides is 1. The maximum atomic E-state index is 12.5. The lowest BCUT2D eigenvalue weighted by Gasteiger charge is -2.12. The van der Waals surface area contributed by atoms with Gasteiger partial charge in [0, 0.05) is 12.5 Å². The van der Waals surface area contributed by atoms with Gasteiger partial charge in [0.15, 0.2) is 11.0 Å². The third kappa shape index (κ3) is 5.63. The molecule has 1 N–H and O–H groups in total. The van der Waals surface area contributed by atoms with Crippen LogP contribution in [0.2, 0.25) is 0 Å². The van der Waals surface area contributed by atoms with E-state index in [1.165, 1.54) is 17.3 Å². The number of benzene rings is 2. The van der Waals surface area contributed by atoms with Crippen molar-refractivity contribution in [3.05, 3.63) is 66.1 Å². The zero-order chi connectivity index (χ0) is 23.9. The summed E-state index contributed by atoms with van der Waals surface area (Å²) < 4.78 is 13.0. The number of hydrogen-bond donors (Lipinski definition) is 1. The fraction of sp³-hybridized carbons (Fsp3) is 0.292. The summed E-state index contributed by atoms with van der Waals surface area (Å²) in [5.41, 5.74) is 2.04. The fourth-order valence-electron chi connectivity index (χ4n) is 3.32. The van der Waals surface area contributed by atoms with E-state index in [0.29, 0.717) is 29.2 Å². The molecule has 2 aromatic carbocycles. The van der Waals surface area contributed by atoms with Crippen LogP contribution >= 0.6 is 11.8 Å². The molecular formula is C24H26N6O3S. The number of para-hydroxylation sites is 1. The van der Waals surface area contributed by atoms with Gasteiger partial charge >= 0.3 is 6.01 Å². The number of carbonyl (C=O) groups excluding carboxylic acids is 1. The smallest absolute Gasteiger partial charge is 0.322 e. The van der Waals surface area contributed by atoms with E-state index >= 15 is 0 Å². The molecule has 1 amide bonds. The first-order valence-electron chi connectivity index (χ1n) is 10.9. The van der Waals surface area contributed by atoms with Gasteiger partial charge < -0.3 is 13.7 Å². The third-order valence-corrected chi connectivity index (χ3v) is 6.01. The molecule has 0 bridgehead atoms. The molecule has 4 rings (SSSR count). The quantitative estimate of drug-likeness (QED) is 0.334. The number of rotatable bonds is 10. The number of nitrogens with one attached hydrogen (secondary N) is 1. The Morgan fingerprint density at radius 3 is 2.56 bits per heavy atom. The highest BCUT2D eigenvalue weighted by Crippen LogP contribution is 2.31. The number of aromatic nitrogens is 5. The molecule has 0 aliphatic heterocycles. The van der Waals surface area contributed by atoms with Gasteiger partial charge in [0.2, 0.25) is 11.8 Å². The summed E-state index contributed by atoms with van der Waals surface area (Å²) in [6.45, 7) is 4.53. The first-order valence-corrected chi connectivity index (χ1v) is 11.9. The zero-order valence-corrected chi connectivity index (χ0v) is 20.1. The molecule has 176 valence electrons. The molecule has 0 radical (unpaired) electrons. The van der Waals surface area contributed by atoms with E-state index in [1.807, 2.05) is 60.9 Å². The number of anilines is 1. The topological polar surface area (TPSA) is 108 Å². The standard InChI is InChI=1S/C24H26N6O3S/c1-16(2)22-27-28-23(33-22)25-20(31)15-34-24-29-26-21(18-11-7-8-12-19(18)32-3)30(24)14-13-17-9-5-4-6-10-17/h4-12,16H,13-15H2,1-3H3,(H,25,28,31). The molecule has 0 aliphatic rings. The Bertz CT molecular complexity index is 1240. The van der Waals surface area contributed by atoms with E-state index in [-0.39, 0.29) is 23.6 Å². The minimum absolute atomic E-state index is 0.0871. The number of ether oxygens (including phenoxy) is 1. The third-order valence-electron chi connectivity index (χ3n) is 5.04. The molecule has 0 atom stereocenters. The van der Waals surface area contributed by atoms with Crippen molar-refractivity contribution in [1.29, 1.82) is 0 Å². The van der Waals surface area contributed by atoms with Crippen molar-refractivity contribution in [1.82, 2.24) is 25.0 Å². The average molecular weight is 479 g/mol. The van der Waals surface area contributed by atoms with Crippen LogP contribution in [-0.4, -0.2) is 43.7 Å². The predicted molar refractivity (Wildman–Crippen MR) is 130 cm³/mol. The number of hydrogen-bond acceptors (Lipinski definition) is 8. The van der Waals surface area contributed by atoms with Gasteiger partial charge in [-0.2, -0.15) is 0 Å². The van der Waals surface area contributed by atoms with Crippen molar-refractivity contribution in [3.63, 3.8) is 0 Å². The van der Waals surface area contributed by atoms with Gasteiger partial charge in [0.25, 0.3) is 0 Å². The van der Waals surface area contributed by atoms with E-state index in [2.05, 4.69) is 37.8 Å². The molecule has 4 aromatic rings. The minimum atomic E-state index is -0.264. The summed E-state index contributed by atoms with van der Waals surface area (Å²) in [5.74, 6) is 1.82. The Labute approximate surface area is 201 Å². The number of thioether (sulfide) groups is 1. The lowest BCUT2D eigenvalue weighted by Crippen LogP contribution is -2.15. The Balaban J connectivity index is 1.52. The predicted octanol–water partition coefficient (Wildman–Crippen LogP) is 4.43. The van der Waals surface area contributed by atoms with Gasteiger partial charge in [-0.25, -0.2) is 0 Å². The fourth-order valence-corrected chi connectivity index (χ4v) is 4.08. The molecule has 2 aromatic heterocycles. The molecule has 0 fully saturated rings. The van der Waals surface area contributed by atoms with Gasteiger partial charge in [0.1, 0.15) is 5.75 Å². The van der Waals surface area contributed by atoms with Gasteiger partial charge in [-0.3, -0.25) is 10.1 Å². The molecule has 0 spiro atoms. The Hall–Kier alpha value is -3.66. The molecule has 10 heteroatoms. The van der Waals surface area contributed by atoms with Crippen molar-refractivity contribution in [2.24, 2.45) is 0 Å². The molecule has 0 saturated heterocycles. The van der Waals surface area contributed by atoms with Crippen LogP contribution in [0, 0.1) is 0 Å². The maximum absolute atomic E-state index is 12.5. The van der Waals surface area contributed by atoms with Crippen LogP contribution in [0.3, 0.4) is 0 Å². The molecule has 0 unspecified atom stereocenters. The van der Waals surface area contributed by atoms with Gasteiger partial charge in [0.05, 0.1) is 18.4 Å². The van der Waals surface area contributed by atoms with Crippen LogP contribution in [0.1, 0.15) is 31.2 Å². The molecule has 34 heavy (non-hydrogen) atoms. The Kier molecular flexibility index (Phi) is 7.58. The summed E-state index contributed by atoms with van der Waals surface area (Å²) in [4.78, 5) is 12.5. The van der Waals surface area contributed by atoms with Crippen molar-refractivity contribution < 1.29 is 13.9 Å². The average Bonchev–Trinajstić information content (AvgIpc) is 3.49. The Morgan fingerprint density at radius 1 is 1.06 bits per heavy atom. The van der Waals surface area contributed by atoms with Crippen molar-refractivity contribution in [2.75, 3.05) is 18.2 Å². The summed E-state index contributed by atoms with van der Waals surface area (Å²) >= 11 is 1.30. The van der Waals surface area contributed by atoms with Crippen LogP contribution in [-0.2, 0) is 17.8 Å². The highest BCUT2D eigenvalue weighted by Gasteiger charge is 2.19. The van der Waals surface area contributed by atoms with Crippen LogP contribution in [0.15, 0.2) is 64.2 Å².